The molecular weight excluding hydrogens is 436 g/mol. The lowest BCUT2D eigenvalue weighted by molar-refractivity contribution is -0.188. The minimum Gasteiger partial charge on any atom is -0.377 e. The van der Waals surface area contributed by atoms with Gasteiger partial charge in [-0.05, 0) is 49.3 Å². The zero-order valence-electron chi connectivity index (χ0n) is 15.3. The average molecular weight is 455 g/mol. The second kappa shape index (κ2) is 7.55. The molecule has 0 radical (unpaired) electrons. The monoisotopic (exact) mass is 454 g/mol. The molecule has 11 heteroatoms. The second-order valence-corrected chi connectivity index (χ2v) is 9.75. The predicted molar refractivity (Wildman–Crippen MR) is 97.6 cm³/mol. The summed E-state index contributed by atoms with van der Waals surface area (Å²) >= 11 is 5.85. The SMILES string of the molecule is CS(=O)(=O)c1cnc(C(O)(c2ccc(F)c(Cl)c2)C2CCC(C(F)(F)F)CC2)[nH]1. The van der Waals surface area contributed by atoms with E-state index in [2.05, 4.69) is 9.97 Å². The molecule has 1 aromatic heterocycles. The maximum absolute atomic E-state index is 13.6. The molecule has 1 aliphatic carbocycles. The van der Waals surface area contributed by atoms with Crippen LogP contribution in [0.5, 0.6) is 0 Å². The Balaban J connectivity index is 2.05. The normalized spacial score (nSPS) is 23.0. The van der Waals surface area contributed by atoms with Crippen molar-refractivity contribution in [3.63, 3.8) is 0 Å². The molecule has 3 rings (SSSR count). The Morgan fingerprint density at radius 3 is 2.24 bits per heavy atom. The first kappa shape index (κ1) is 22.0. The van der Waals surface area contributed by atoms with E-state index in [9.17, 15) is 31.1 Å². The highest BCUT2D eigenvalue weighted by atomic mass is 35.5. The minimum absolute atomic E-state index is 0.0184. The largest absolute Gasteiger partial charge is 0.391 e. The van der Waals surface area contributed by atoms with E-state index in [4.69, 9.17) is 11.6 Å². The number of nitrogens with one attached hydrogen (secondary N) is 1. The molecule has 0 spiro atoms. The summed E-state index contributed by atoms with van der Waals surface area (Å²) in [6, 6.07) is 3.47. The van der Waals surface area contributed by atoms with Crippen molar-refractivity contribution in [3.8, 4) is 0 Å². The van der Waals surface area contributed by atoms with Crippen LogP contribution >= 0.6 is 11.6 Å². The van der Waals surface area contributed by atoms with Crippen LogP contribution in [-0.4, -0.2) is 35.9 Å². The van der Waals surface area contributed by atoms with Crippen molar-refractivity contribution in [3.05, 3.63) is 46.6 Å². The number of H-pyrrole nitrogens is 1. The fourth-order valence-corrected chi connectivity index (χ4v) is 4.53. The summed E-state index contributed by atoms with van der Waals surface area (Å²) in [7, 11) is -3.66. The van der Waals surface area contributed by atoms with E-state index < -0.39 is 39.3 Å². The number of benzene rings is 1. The predicted octanol–water partition coefficient (Wildman–Crippen LogP) is 4.21. The van der Waals surface area contributed by atoms with Crippen molar-refractivity contribution in [2.24, 2.45) is 11.8 Å². The molecule has 0 aliphatic heterocycles. The average Bonchev–Trinajstić information content (AvgIpc) is 3.14. The summed E-state index contributed by atoms with van der Waals surface area (Å²) in [6.07, 6.45) is -2.68. The lowest BCUT2D eigenvalue weighted by Gasteiger charge is -2.40. The van der Waals surface area contributed by atoms with Gasteiger partial charge in [-0.25, -0.2) is 17.8 Å². The van der Waals surface area contributed by atoms with Gasteiger partial charge in [0.1, 0.15) is 17.2 Å². The van der Waals surface area contributed by atoms with Crippen LogP contribution in [0, 0.1) is 17.7 Å². The topological polar surface area (TPSA) is 83.1 Å². The summed E-state index contributed by atoms with van der Waals surface area (Å²) in [6.45, 7) is 0. The van der Waals surface area contributed by atoms with Crippen LogP contribution in [0.1, 0.15) is 37.1 Å². The minimum atomic E-state index is -4.32. The van der Waals surface area contributed by atoms with E-state index in [0.717, 1.165) is 18.5 Å². The van der Waals surface area contributed by atoms with Crippen LogP contribution < -0.4 is 0 Å². The van der Waals surface area contributed by atoms with Gasteiger partial charge in [0.25, 0.3) is 0 Å². The number of hydrogen-bond donors (Lipinski definition) is 2. The number of sulfone groups is 1. The lowest BCUT2D eigenvalue weighted by atomic mass is 9.70. The molecule has 2 N–H and O–H groups in total. The van der Waals surface area contributed by atoms with Gasteiger partial charge in [0.2, 0.25) is 0 Å². The van der Waals surface area contributed by atoms with Crippen molar-refractivity contribution < 1.29 is 31.1 Å². The van der Waals surface area contributed by atoms with Gasteiger partial charge in [0, 0.05) is 6.26 Å². The summed E-state index contributed by atoms with van der Waals surface area (Å²) < 4.78 is 76.3. The number of aromatic amines is 1. The Hall–Kier alpha value is -1.65. The third kappa shape index (κ3) is 4.29. The summed E-state index contributed by atoms with van der Waals surface area (Å²) in [5.41, 5.74) is -1.84. The highest BCUT2D eigenvalue weighted by molar-refractivity contribution is 7.90. The number of alkyl halides is 3. The van der Waals surface area contributed by atoms with E-state index in [1.807, 2.05) is 0 Å². The second-order valence-electron chi connectivity index (χ2n) is 7.35. The van der Waals surface area contributed by atoms with Gasteiger partial charge in [0.05, 0.1) is 17.1 Å². The smallest absolute Gasteiger partial charge is 0.377 e. The molecule has 0 bridgehead atoms. The number of aromatic nitrogens is 2. The number of imidazole rings is 1. The van der Waals surface area contributed by atoms with E-state index in [-0.39, 0.29) is 47.1 Å². The molecular formula is C18H19ClF4N2O3S. The zero-order chi connectivity index (χ0) is 21.6. The fourth-order valence-electron chi connectivity index (χ4n) is 3.82. The summed E-state index contributed by atoms with van der Waals surface area (Å²) in [5, 5.41) is 11.1. The lowest BCUT2D eigenvalue weighted by Crippen LogP contribution is -2.41. The third-order valence-corrected chi connectivity index (χ3v) is 6.75. The van der Waals surface area contributed by atoms with Crippen LogP contribution in [0.3, 0.4) is 0 Å². The van der Waals surface area contributed by atoms with Crippen molar-refractivity contribution in [2.45, 2.75) is 42.5 Å². The fraction of sp³-hybridized carbons (Fsp3) is 0.500. The molecule has 1 aromatic carbocycles. The Labute approximate surface area is 170 Å². The molecule has 1 heterocycles. The first-order chi connectivity index (χ1) is 13.3. The summed E-state index contributed by atoms with van der Waals surface area (Å²) in [5.74, 6) is -3.05. The van der Waals surface area contributed by atoms with Crippen LogP contribution in [0.25, 0.3) is 0 Å². The maximum Gasteiger partial charge on any atom is 0.391 e. The molecule has 1 aliphatic rings. The van der Waals surface area contributed by atoms with Crippen molar-refractivity contribution >= 4 is 21.4 Å². The molecule has 29 heavy (non-hydrogen) atoms. The molecule has 1 atom stereocenters. The highest BCUT2D eigenvalue weighted by Gasteiger charge is 2.49. The number of aliphatic hydroxyl groups is 1. The van der Waals surface area contributed by atoms with Crippen molar-refractivity contribution in [1.82, 2.24) is 9.97 Å². The van der Waals surface area contributed by atoms with Gasteiger partial charge in [-0.2, -0.15) is 13.2 Å². The van der Waals surface area contributed by atoms with Gasteiger partial charge in [-0.1, -0.05) is 17.7 Å². The Kier molecular flexibility index (Phi) is 5.74. The van der Waals surface area contributed by atoms with Gasteiger partial charge >= 0.3 is 6.18 Å². The number of nitrogens with zero attached hydrogens (tertiary/aromatic N) is 1. The number of hydrogen-bond acceptors (Lipinski definition) is 4. The van der Waals surface area contributed by atoms with Gasteiger partial charge < -0.3 is 10.1 Å². The van der Waals surface area contributed by atoms with E-state index in [0.29, 0.717) is 0 Å². The molecule has 1 saturated carbocycles. The number of halogens is 5. The molecule has 1 fully saturated rings. The molecule has 2 aromatic rings. The molecule has 160 valence electrons. The van der Waals surface area contributed by atoms with E-state index in [1.165, 1.54) is 12.1 Å². The molecule has 5 nitrogen and oxygen atoms in total. The maximum atomic E-state index is 13.6. The van der Waals surface area contributed by atoms with E-state index >= 15 is 0 Å². The van der Waals surface area contributed by atoms with Crippen LogP contribution in [0.4, 0.5) is 17.6 Å². The van der Waals surface area contributed by atoms with Crippen LogP contribution in [0.15, 0.2) is 29.4 Å². The van der Waals surface area contributed by atoms with E-state index in [1.54, 1.807) is 0 Å². The standard InChI is InChI=1S/C18H19ClF4N2O3S/c1-29(27,28)15-9-24-16(25-15)17(26,12-6-7-14(20)13(19)8-12)10-2-4-11(5-3-10)18(21,22)23/h6-11,26H,2-5H2,1H3,(H,24,25). The summed E-state index contributed by atoms with van der Waals surface area (Å²) in [4.78, 5) is 6.54. The zero-order valence-corrected chi connectivity index (χ0v) is 16.9. The molecule has 1 unspecified atom stereocenters. The van der Waals surface area contributed by atoms with Crippen LogP contribution in [0.2, 0.25) is 5.02 Å². The Morgan fingerprint density at radius 1 is 1.17 bits per heavy atom. The van der Waals surface area contributed by atoms with Gasteiger partial charge in [-0.3, -0.25) is 0 Å². The Bertz CT molecular complexity index is 1000. The van der Waals surface area contributed by atoms with Gasteiger partial charge in [0.15, 0.2) is 14.9 Å². The number of rotatable bonds is 4. The Morgan fingerprint density at radius 2 is 1.76 bits per heavy atom. The highest BCUT2D eigenvalue weighted by Crippen LogP contribution is 2.48. The van der Waals surface area contributed by atoms with Crippen molar-refractivity contribution in [1.29, 1.82) is 0 Å². The quantitative estimate of drug-likeness (QED) is 0.678. The molecule has 0 amide bonds. The van der Waals surface area contributed by atoms with Crippen LogP contribution in [-0.2, 0) is 15.4 Å². The third-order valence-electron chi connectivity index (χ3n) is 5.45. The first-order valence-corrected chi connectivity index (χ1v) is 11.1. The van der Waals surface area contributed by atoms with Crippen molar-refractivity contribution in [2.75, 3.05) is 6.26 Å². The van der Waals surface area contributed by atoms with Gasteiger partial charge in [-0.15, -0.1) is 0 Å². The first-order valence-electron chi connectivity index (χ1n) is 8.83. The molecule has 0 saturated heterocycles.